The molecule has 1 saturated heterocycles. The van der Waals surface area contributed by atoms with Crippen LogP contribution in [0.25, 0.3) is 0 Å². The number of nitrogens with one attached hydrogen (secondary N) is 2. The highest BCUT2D eigenvalue weighted by Crippen LogP contribution is 2.16. The summed E-state index contributed by atoms with van der Waals surface area (Å²) in [6, 6.07) is 3.19. The van der Waals surface area contributed by atoms with Gasteiger partial charge in [-0.05, 0) is 12.1 Å². The lowest BCUT2D eigenvalue weighted by Crippen LogP contribution is -2.23. The van der Waals surface area contributed by atoms with Crippen LogP contribution < -0.4 is 9.44 Å². The summed E-state index contributed by atoms with van der Waals surface area (Å²) in [5, 5.41) is 0. The summed E-state index contributed by atoms with van der Waals surface area (Å²) < 4.78 is 31.5. The zero-order valence-electron chi connectivity index (χ0n) is 6.15. The van der Waals surface area contributed by atoms with Crippen LogP contribution in [0.4, 0.5) is 0 Å². The minimum atomic E-state index is -3.28. The van der Waals surface area contributed by atoms with Gasteiger partial charge in [0.05, 0.1) is 12.3 Å². The van der Waals surface area contributed by atoms with Gasteiger partial charge in [-0.1, -0.05) is 0 Å². The third kappa shape index (κ3) is 1.36. The zero-order valence-corrected chi connectivity index (χ0v) is 6.97. The molecular weight excluding hydrogens is 180 g/mol. The normalized spacial score (nSPS) is 27.5. The van der Waals surface area contributed by atoms with Crippen LogP contribution in [0.2, 0.25) is 0 Å². The van der Waals surface area contributed by atoms with Gasteiger partial charge in [-0.2, -0.15) is 13.1 Å². The fraction of sp³-hybridized carbons (Fsp3) is 0.333. The highest BCUT2D eigenvalue weighted by atomic mass is 32.2. The van der Waals surface area contributed by atoms with Crippen LogP contribution in [0.1, 0.15) is 11.8 Å². The number of hydrogen-bond acceptors (Lipinski definition) is 3. The molecule has 0 saturated carbocycles. The van der Waals surface area contributed by atoms with Gasteiger partial charge in [-0.15, -0.1) is 0 Å². The summed E-state index contributed by atoms with van der Waals surface area (Å²) in [5.74, 6) is 0.628. The summed E-state index contributed by atoms with van der Waals surface area (Å²) in [4.78, 5) is 0. The van der Waals surface area contributed by atoms with Crippen LogP contribution in [0, 0.1) is 0 Å². The molecule has 0 radical (unpaired) electrons. The highest BCUT2D eigenvalue weighted by Gasteiger charge is 2.28. The van der Waals surface area contributed by atoms with Crippen LogP contribution in [-0.2, 0) is 10.2 Å². The van der Waals surface area contributed by atoms with E-state index in [2.05, 4.69) is 9.44 Å². The first-order valence-corrected chi connectivity index (χ1v) is 4.96. The van der Waals surface area contributed by atoms with Crippen molar-refractivity contribution < 1.29 is 12.8 Å². The molecule has 0 bridgehead atoms. The van der Waals surface area contributed by atoms with Gasteiger partial charge in [0, 0.05) is 6.54 Å². The molecule has 0 unspecified atom stereocenters. The van der Waals surface area contributed by atoms with Crippen molar-refractivity contribution in [1.82, 2.24) is 9.44 Å². The summed E-state index contributed by atoms with van der Waals surface area (Å²) in [6.45, 7) is 0.343. The molecule has 0 amide bonds. The number of hydrogen-bond donors (Lipinski definition) is 2. The lowest BCUT2D eigenvalue weighted by molar-refractivity contribution is 0.461. The Labute approximate surface area is 69.9 Å². The van der Waals surface area contributed by atoms with Gasteiger partial charge >= 0.3 is 0 Å². The van der Waals surface area contributed by atoms with Gasteiger partial charge in [-0.25, -0.2) is 4.72 Å². The summed E-state index contributed by atoms with van der Waals surface area (Å²) in [5.41, 5.74) is 0. The van der Waals surface area contributed by atoms with Crippen molar-refractivity contribution in [1.29, 1.82) is 0 Å². The van der Waals surface area contributed by atoms with Crippen LogP contribution in [-0.4, -0.2) is 15.0 Å². The number of furan rings is 1. The van der Waals surface area contributed by atoms with E-state index in [0.29, 0.717) is 12.3 Å². The Hall–Kier alpha value is -0.850. The molecule has 6 heteroatoms. The van der Waals surface area contributed by atoms with Crippen molar-refractivity contribution in [2.24, 2.45) is 0 Å². The Morgan fingerprint density at radius 2 is 2.42 bits per heavy atom. The predicted molar refractivity (Wildman–Crippen MR) is 41.5 cm³/mol. The van der Waals surface area contributed by atoms with Crippen molar-refractivity contribution in [3.8, 4) is 0 Å². The van der Waals surface area contributed by atoms with Crippen LogP contribution in [0.3, 0.4) is 0 Å². The molecule has 0 spiro atoms. The first kappa shape index (κ1) is 7.78. The van der Waals surface area contributed by atoms with E-state index < -0.39 is 10.2 Å². The largest absolute Gasteiger partial charge is 0.468 e. The van der Waals surface area contributed by atoms with E-state index in [9.17, 15) is 8.42 Å². The van der Waals surface area contributed by atoms with E-state index in [1.54, 1.807) is 12.1 Å². The lowest BCUT2D eigenvalue weighted by atomic mass is 10.2. The van der Waals surface area contributed by atoms with Crippen LogP contribution in [0.5, 0.6) is 0 Å². The Morgan fingerprint density at radius 3 is 2.92 bits per heavy atom. The Balaban J connectivity index is 2.21. The second-order valence-corrected chi connectivity index (χ2v) is 4.07. The van der Waals surface area contributed by atoms with Gasteiger partial charge in [0.2, 0.25) is 0 Å². The minimum absolute atomic E-state index is 0.273. The van der Waals surface area contributed by atoms with Crippen molar-refractivity contribution >= 4 is 10.2 Å². The van der Waals surface area contributed by atoms with Gasteiger partial charge < -0.3 is 4.42 Å². The first-order chi connectivity index (χ1) is 5.67. The molecular formula is C6H8N2O3S. The molecule has 1 atom stereocenters. The van der Waals surface area contributed by atoms with Gasteiger partial charge in [-0.3, -0.25) is 0 Å². The van der Waals surface area contributed by atoms with Crippen molar-refractivity contribution in [2.45, 2.75) is 6.04 Å². The van der Waals surface area contributed by atoms with E-state index >= 15 is 0 Å². The van der Waals surface area contributed by atoms with Gasteiger partial charge in [0.25, 0.3) is 10.2 Å². The maximum Gasteiger partial charge on any atom is 0.277 e. The first-order valence-electron chi connectivity index (χ1n) is 3.48. The predicted octanol–water partition coefficient (Wildman–Crippen LogP) is -0.242. The Morgan fingerprint density at radius 1 is 1.58 bits per heavy atom. The van der Waals surface area contributed by atoms with E-state index in [-0.39, 0.29) is 6.04 Å². The highest BCUT2D eigenvalue weighted by molar-refractivity contribution is 7.87. The molecule has 1 aliphatic heterocycles. The molecule has 1 aliphatic rings. The van der Waals surface area contributed by atoms with E-state index in [4.69, 9.17) is 4.42 Å². The van der Waals surface area contributed by atoms with Gasteiger partial charge in [0.15, 0.2) is 0 Å². The topological polar surface area (TPSA) is 71.3 Å². The van der Waals surface area contributed by atoms with Crippen molar-refractivity contribution in [2.75, 3.05) is 6.54 Å². The molecule has 12 heavy (non-hydrogen) atoms. The second kappa shape index (κ2) is 2.58. The zero-order chi connectivity index (χ0) is 8.60. The monoisotopic (exact) mass is 188 g/mol. The van der Waals surface area contributed by atoms with Crippen LogP contribution >= 0.6 is 0 Å². The molecule has 2 heterocycles. The molecule has 66 valence electrons. The molecule has 0 aromatic carbocycles. The SMILES string of the molecule is O=S1(=O)NC[C@@H](c2ccco2)N1. The Bertz CT molecular complexity index is 356. The molecule has 2 N–H and O–H groups in total. The minimum Gasteiger partial charge on any atom is -0.468 e. The molecule has 1 fully saturated rings. The fourth-order valence-corrected chi connectivity index (χ4v) is 2.16. The summed E-state index contributed by atoms with van der Waals surface area (Å²) in [6.07, 6.45) is 1.52. The van der Waals surface area contributed by atoms with Crippen molar-refractivity contribution in [3.63, 3.8) is 0 Å². The van der Waals surface area contributed by atoms with Gasteiger partial charge in [0.1, 0.15) is 5.76 Å². The maximum atomic E-state index is 10.9. The van der Waals surface area contributed by atoms with Crippen LogP contribution in [0.15, 0.2) is 22.8 Å². The lowest BCUT2D eigenvalue weighted by Gasteiger charge is -2.01. The third-order valence-corrected chi connectivity index (χ3v) is 2.80. The molecule has 2 rings (SSSR count). The van der Waals surface area contributed by atoms with E-state index in [1.165, 1.54) is 6.26 Å². The summed E-state index contributed by atoms with van der Waals surface area (Å²) in [7, 11) is -3.28. The summed E-state index contributed by atoms with van der Waals surface area (Å²) >= 11 is 0. The average molecular weight is 188 g/mol. The van der Waals surface area contributed by atoms with E-state index in [0.717, 1.165) is 0 Å². The average Bonchev–Trinajstić information content (AvgIpc) is 2.55. The molecule has 1 aromatic rings. The maximum absolute atomic E-state index is 10.9. The molecule has 5 nitrogen and oxygen atoms in total. The number of rotatable bonds is 1. The Kier molecular flexibility index (Phi) is 1.67. The van der Waals surface area contributed by atoms with Crippen molar-refractivity contribution in [3.05, 3.63) is 24.2 Å². The third-order valence-electron chi connectivity index (χ3n) is 1.66. The smallest absolute Gasteiger partial charge is 0.277 e. The molecule has 1 aromatic heterocycles. The quantitative estimate of drug-likeness (QED) is 0.638. The molecule has 0 aliphatic carbocycles. The standard InChI is InChI=1S/C6H8N2O3S/c9-12(10)7-4-5(8-12)6-2-1-3-11-6/h1-3,5,7-8H,4H2/t5-/m0/s1. The van der Waals surface area contributed by atoms with E-state index in [1.807, 2.05) is 0 Å². The fourth-order valence-electron chi connectivity index (χ4n) is 1.11. The second-order valence-electron chi connectivity index (χ2n) is 2.54.